The Morgan fingerprint density at radius 1 is 0.463 bits per heavy atom. The van der Waals surface area contributed by atoms with Gasteiger partial charge in [0.15, 0.2) is 12.4 Å². The molecule has 9 heteroatoms. The van der Waals surface area contributed by atoms with E-state index in [1.807, 2.05) is 21.1 Å². The van der Waals surface area contributed by atoms with Crippen molar-refractivity contribution in [3.05, 3.63) is 85.1 Å². The van der Waals surface area contributed by atoms with Gasteiger partial charge in [-0.1, -0.05) is 195 Å². The topological polar surface area (TPSA) is 111 Å². The summed E-state index contributed by atoms with van der Waals surface area (Å²) in [5.41, 5.74) is 0. The minimum atomic E-state index is -1.63. The van der Waals surface area contributed by atoms with Gasteiger partial charge in [0.05, 0.1) is 40.3 Å². The molecule has 0 aromatic carbocycles. The monoisotopic (exact) mass is 938 g/mol. The van der Waals surface area contributed by atoms with Crippen LogP contribution >= 0.6 is 0 Å². The van der Waals surface area contributed by atoms with Gasteiger partial charge in [-0.15, -0.1) is 0 Å². The fourth-order valence-electron chi connectivity index (χ4n) is 6.99. The fourth-order valence-corrected chi connectivity index (χ4v) is 6.99. The summed E-state index contributed by atoms with van der Waals surface area (Å²) < 4.78 is 22.6. The number of likely N-dealkylation sites (N-methyl/N-ethyl adjacent to an activating group) is 1. The second-order valence-corrected chi connectivity index (χ2v) is 18.8. The van der Waals surface area contributed by atoms with E-state index in [1.54, 1.807) is 0 Å². The molecule has 0 aliphatic heterocycles. The highest BCUT2D eigenvalue weighted by molar-refractivity contribution is 5.70. The van der Waals surface area contributed by atoms with Gasteiger partial charge in [0, 0.05) is 12.8 Å². The highest BCUT2D eigenvalue weighted by Gasteiger charge is 2.22. The van der Waals surface area contributed by atoms with Crippen LogP contribution in [0.1, 0.15) is 206 Å². The number of aliphatic carboxylic acids is 1. The molecule has 0 aromatic rings. The first kappa shape index (κ1) is 63.5. The average molecular weight is 938 g/mol. The van der Waals surface area contributed by atoms with Crippen LogP contribution < -0.4 is 5.11 Å². The van der Waals surface area contributed by atoms with Crippen molar-refractivity contribution in [2.75, 3.05) is 47.5 Å². The maximum atomic E-state index is 12.8. The number of rotatable bonds is 48. The van der Waals surface area contributed by atoms with E-state index in [2.05, 4.69) is 98.9 Å². The summed E-state index contributed by atoms with van der Waals surface area (Å²) in [7, 11) is 5.90. The number of carbonyl (C=O) groups is 3. The molecule has 67 heavy (non-hydrogen) atoms. The number of quaternary nitrogens is 1. The molecule has 0 spiro atoms. The lowest BCUT2D eigenvalue weighted by atomic mass is 10.0. The predicted molar refractivity (Wildman–Crippen MR) is 278 cm³/mol. The smallest absolute Gasteiger partial charge is 0.306 e. The number of unbranched alkanes of at least 4 members (excludes halogenated alkanes) is 19. The van der Waals surface area contributed by atoms with Crippen molar-refractivity contribution in [1.29, 1.82) is 0 Å². The van der Waals surface area contributed by atoms with Crippen molar-refractivity contribution in [2.24, 2.45) is 0 Å². The zero-order valence-corrected chi connectivity index (χ0v) is 43.5. The summed E-state index contributed by atoms with van der Waals surface area (Å²) in [5, 5.41) is 11.7. The van der Waals surface area contributed by atoms with Crippen molar-refractivity contribution in [3.8, 4) is 0 Å². The van der Waals surface area contributed by atoms with Crippen LogP contribution in [-0.4, -0.2) is 82.3 Å². The number of ether oxygens (including phenoxy) is 4. The van der Waals surface area contributed by atoms with E-state index in [9.17, 15) is 19.5 Å². The quantitative estimate of drug-likeness (QED) is 0.0195. The standard InChI is InChI=1S/C58H99NO8/c1-6-8-10-12-14-16-18-19-20-21-22-23-24-25-26-27-28-29-30-31-32-33-34-35-36-37-39-41-43-45-47-49-56(61)67-54(53-66-58(57(62)63)64-51-50-59(3,4)5)52-65-55(60)48-46-44-42-40-38-17-15-13-11-9-7-2/h8,10,13-16,19-20,22-23,25-26,28-29,54,58H,6-7,9,11-12,17-18,21,24,27,30-53H2,1-5H3/b10-8-,15-13-,16-14-,20-19-,23-22-,26-25-,29-28-. The van der Waals surface area contributed by atoms with Gasteiger partial charge in [-0.05, 0) is 83.5 Å². The van der Waals surface area contributed by atoms with Crippen LogP contribution in [0, 0.1) is 0 Å². The van der Waals surface area contributed by atoms with E-state index >= 15 is 0 Å². The number of carboxylic acids is 1. The van der Waals surface area contributed by atoms with E-state index in [0.29, 0.717) is 17.4 Å². The number of nitrogens with zero attached hydrogens (tertiary/aromatic N) is 1. The van der Waals surface area contributed by atoms with Crippen LogP contribution in [0.2, 0.25) is 0 Å². The Morgan fingerprint density at radius 3 is 1.28 bits per heavy atom. The van der Waals surface area contributed by atoms with Crippen LogP contribution in [0.3, 0.4) is 0 Å². The minimum absolute atomic E-state index is 0.143. The summed E-state index contributed by atoms with van der Waals surface area (Å²) >= 11 is 0. The molecule has 0 amide bonds. The van der Waals surface area contributed by atoms with Crippen LogP contribution in [0.5, 0.6) is 0 Å². The molecule has 0 N–H and O–H groups in total. The number of carbonyl (C=O) groups excluding carboxylic acids is 3. The molecule has 384 valence electrons. The number of hydrogen-bond acceptors (Lipinski definition) is 8. The van der Waals surface area contributed by atoms with Crippen molar-refractivity contribution in [3.63, 3.8) is 0 Å². The van der Waals surface area contributed by atoms with Gasteiger partial charge in [0.25, 0.3) is 0 Å². The van der Waals surface area contributed by atoms with Crippen molar-refractivity contribution in [1.82, 2.24) is 0 Å². The van der Waals surface area contributed by atoms with Gasteiger partial charge in [-0.2, -0.15) is 0 Å². The summed E-state index contributed by atoms with van der Waals surface area (Å²) in [6, 6.07) is 0. The van der Waals surface area contributed by atoms with Crippen LogP contribution in [0.15, 0.2) is 85.1 Å². The molecule has 0 saturated carbocycles. The lowest BCUT2D eigenvalue weighted by Gasteiger charge is -2.26. The maximum absolute atomic E-state index is 12.8. The van der Waals surface area contributed by atoms with Gasteiger partial charge >= 0.3 is 11.9 Å². The molecule has 0 rings (SSSR count). The van der Waals surface area contributed by atoms with Crippen LogP contribution in [0.25, 0.3) is 0 Å². The number of carboxylic acid groups (broad SMARTS) is 1. The van der Waals surface area contributed by atoms with E-state index in [-0.39, 0.29) is 38.6 Å². The Hall–Kier alpha value is -3.53. The Balaban J connectivity index is 4.18. The zero-order chi connectivity index (χ0) is 49.2. The fraction of sp³-hybridized carbons (Fsp3) is 0.707. The number of hydrogen-bond donors (Lipinski definition) is 0. The first-order chi connectivity index (χ1) is 32.6. The summed E-state index contributed by atoms with van der Waals surface area (Å²) in [4.78, 5) is 37.1. The molecule has 0 radical (unpaired) electrons. The zero-order valence-electron chi connectivity index (χ0n) is 43.5. The molecule has 0 aromatic heterocycles. The van der Waals surface area contributed by atoms with E-state index < -0.39 is 24.3 Å². The van der Waals surface area contributed by atoms with Crippen molar-refractivity contribution < 1.29 is 42.9 Å². The Morgan fingerprint density at radius 2 is 0.851 bits per heavy atom. The molecule has 9 nitrogen and oxygen atoms in total. The Labute approximate surface area is 410 Å². The van der Waals surface area contributed by atoms with Crippen LogP contribution in [-0.2, 0) is 33.3 Å². The molecule has 0 bridgehead atoms. The second kappa shape index (κ2) is 48.9. The molecule has 0 fully saturated rings. The predicted octanol–water partition coefficient (Wildman–Crippen LogP) is 13.9. The first-order valence-electron chi connectivity index (χ1n) is 26.7. The van der Waals surface area contributed by atoms with Crippen LogP contribution in [0.4, 0.5) is 0 Å². The minimum Gasteiger partial charge on any atom is -0.545 e. The largest absolute Gasteiger partial charge is 0.545 e. The van der Waals surface area contributed by atoms with E-state index in [0.717, 1.165) is 103 Å². The van der Waals surface area contributed by atoms with Crippen molar-refractivity contribution >= 4 is 17.9 Å². The third-order valence-corrected chi connectivity index (χ3v) is 11.1. The molecule has 0 heterocycles. The second-order valence-electron chi connectivity index (χ2n) is 18.8. The lowest BCUT2D eigenvalue weighted by Crippen LogP contribution is -2.44. The normalized spacial score (nSPS) is 13.5. The Kier molecular flexibility index (Phi) is 46.3. The van der Waals surface area contributed by atoms with Gasteiger partial charge in [0.1, 0.15) is 13.2 Å². The summed E-state index contributed by atoms with van der Waals surface area (Å²) in [6.45, 7) is 4.57. The average Bonchev–Trinajstić information content (AvgIpc) is 3.29. The van der Waals surface area contributed by atoms with Gasteiger partial charge in [0.2, 0.25) is 0 Å². The number of allylic oxidation sites excluding steroid dienone is 14. The Bertz CT molecular complexity index is 1370. The van der Waals surface area contributed by atoms with E-state index in [1.165, 1.54) is 70.6 Å². The van der Waals surface area contributed by atoms with Gasteiger partial charge in [-0.25, -0.2) is 0 Å². The molecular formula is C58H99NO8. The molecule has 0 aliphatic rings. The van der Waals surface area contributed by atoms with Crippen molar-refractivity contribution in [2.45, 2.75) is 219 Å². The third kappa shape index (κ3) is 50.2. The third-order valence-electron chi connectivity index (χ3n) is 11.1. The highest BCUT2D eigenvalue weighted by Crippen LogP contribution is 2.15. The van der Waals surface area contributed by atoms with Gasteiger partial charge < -0.3 is 33.3 Å². The molecular weight excluding hydrogens is 839 g/mol. The highest BCUT2D eigenvalue weighted by atomic mass is 16.7. The molecule has 2 unspecified atom stereocenters. The van der Waals surface area contributed by atoms with E-state index in [4.69, 9.17) is 18.9 Å². The molecule has 0 saturated heterocycles. The number of esters is 2. The van der Waals surface area contributed by atoms with Gasteiger partial charge in [-0.3, -0.25) is 9.59 Å². The first-order valence-corrected chi connectivity index (χ1v) is 26.7. The lowest BCUT2D eigenvalue weighted by molar-refractivity contribution is -0.870. The summed E-state index contributed by atoms with van der Waals surface area (Å²) in [5.74, 6) is -2.30. The molecule has 2 atom stereocenters. The summed E-state index contributed by atoms with van der Waals surface area (Å²) in [6.07, 6.45) is 60.6. The SMILES string of the molecule is CC/C=C\C/C=C\C/C=C\C/C=C\C/C=C\C/C=C\CCCCCCCCCCCCCCC(=O)OC(COC(=O)CCCCCCC/C=C\CCCC)COC(OCC[N+](C)(C)C)C(=O)[O-]. The maximum Gasteiger partial charge on any atom is 0.306 e. The molecule has 0 aliphatic carbocycles.